The summed E-state index contributed by atoms with van der Waals surface area (Å²) in [4.78, 5) is 3.38. The van der Waals surface area contributed by atoms with Gasteiger partial charge in [-0.25, -0.2) is 4.83 Å². The number of hydrazone groups is 1. The van der Waals surface area contributed by atoms with E-state index in [2.05, 4.69) is 9.93 Å². The van der Waals surface area contributed by atoms with Crippen molar-refractivity contribution in [1.29, 1.82) is 0 Å². The van der Waals surface area contributed by atoms with Gasteiger partial charge in [-0.05, 0) is 42.5 Å². The van der Waals surface area contributed by atoms with Crippen molar-refractivity contribution in [1.82, 2.24) is 4.83 Å². The normalized spacial score (nSPS) is 11.9. The number of aryl methyl sites for hydroxylation is 2. The molecule has 0 aliphatic carbocycles. The molecule has 0 aliphatic heterocycles. The zero-order chi connectivity index (χ0) is 13.9. The van der Waals surface area contributed by atoms with Crippen LogP contribution in [-0.4, -0.2) is 14.6 Å². The predicted octanol–water partition coefficient (Wildman–Crippen LogP) is 2.68. The van der Waals surface area contributed by atoms with Gasteiger partial charge in [-0.1, -0.05) is 18.2 Å². The summed E-state index contributed by atoms with van der Waals surface area (Å²) in [6.07, 6.45) is 1.49. The minimum absolute atomic E-state index is 0.260. The van der Waals surface area contributed by atoms with Crippen molar-refractivity contribution in [3.8, 4) is 0 Å². The van der Waals surface area contributed by atoms with Crippen LogP contribution in [0.4, 0.5) is 0 Å². The third-order valence-electron chi connectivity index (χ3n) is 2.54. The van der Waals surface area contributed by atoms with E-state index in [1.54, 1.807) is 19.1 Å². The number of nitrogens with zero attached hydrogens (tertiary/aromatic N) is 1. The molecule has 1 aromatic carbocycles. The summed E-state index contributed by atoms with van der Waals surface area (Å²) < 4.78 is 24.2. The van der Waals surface area contributed by atoms with Gasteiger partial charge in [-0.3, -0.25) is 0 Å². The summed E-state index contributed by atoms with van der Waals surface area (Å²) in [6.45, 7) is 3.62. The van der Waals surface area contributed by atoms with Crippen molar-refractivity contribution in [3.05, 3.63) is 51.7 Å². The number of benzene rings is 1. The van der Waals surface area contributed by atoms with E-state index in [1.807, 2.05) is 30.5 Å². The zero-order valence-corrected chi connectivity index (χ0v) is 12.3. The standard InChI is InChI=1S/C13H14N2O2S2/c1-10-5-6-11(2)13(8-10)19(16,17)15-14-9-12-4-3-7-18-12/h3-9,15H,1-2H3/b14-9-. The van der Waals surface area contributed by atoms with Crippen LogP contribution in [0.2, 0.25) is 0 Å². The van der Waals surface area contributed by atoms with Gasteiger partial charge in [0.15, 0.2) is 0 Å². The molecule has 1 heterocycles. The molecule has 0 saturated carbocycles. The molecule has 0 amide bonds. The Kier molecular flexibility index (Phi) is 4.01. The van der Waals surface area contributed by atoms with Gasteiger partial charge in [-0.2, -0.15) is 13.5 Å². The van der Waals surface area contributed by atoms with Crippen LogP contribution < -0.4 is 4.83 Å². The Morgan fingerprint density at radius 1 is 1.26 bits per heavy atom. The highest BCUT2D eigenvalue weighted by Gasteiger charge is 2.15. The lowest BCUT2D eigenvalue weighted by atomic mass is 10.2. The highest BCUT2D eigenvalue weighted by molar-refractivity contribution is 7.89. The number of sulfonamides is 1. The predicted molar refractivity (Wildman–Crippen MR) is 78.2 cm³/mol. The van der Waals surface area contributed by atoms with E-state index in [0.717, 1.165) is 10.4 Å². The minimum atomic E-state index is -3.61. The average Bonchev–Trinajstić information content (AvgIpc) is 2.85. The maximum Gasteiger partial charge on any atom is 0.276 e. The van der Waals surface area contributed by atoms with Crippen LogP contribution in [0.25, 0.3) is 0 Å². The van der Waals surface area contributed by atoms with E-state index in [9.17, 15) is 8.42 Å². The second-order valence-electron chi connectivity index (χ2n) is 4.14. The summed E-state index contributed by atoms with van der Waals surface area (Å²) in [6, 6.07) is 9.04. The molecule has 100 valence electrons. The molecule has 0 atom stereocenters. The minimum Gasteiger partial charge on any atom is -0.200 e. The highest BCUT2D eigenvalue weighted by Crippen LogP contribution is 2.16. The topological polar surface area (TPSA) is 58.5 Å². The molecule has 0 radical (unpaired) electrons. The quantitative estimate of drug-likeness (QED) is 0.696. The van der Waals surface area contributed by atoms with E-state index < -0.39 is 10.0 Å². The molecule has 6 heteroatoms. The molecule has 1 N–H and O–H groups in total. The smallest absolute Gasteiger partial charge is 0.200 e. The largest absolute Gasteiger partial charge is 0.276 e. The number of thiophene rings is 1. The zero-order valence-electron chi connectivity index (χ0n) is 10.6. The SMILES string of the molecule is Cc1ccc(C)c(S(=O)(=O)N/N=C\c2cccs2)c1. The molecule has 1 aromatic heterocycles. The Morgan fingerprint density at radius 3 is 2.74 bits per heavy atom. The Labute approximate surface area is 116 Å². The van der Waals surface area contributed by atoms with Crippen molar-refractivity contribution in [2.24, 2.45) is 5.10 Å². The van der Waals surface area contributed by atoms with Crippen molar-refractivity contribution in [3.63, 3.8) is 0 Å². The summed E-state index contributed by atoms with van der Waals surface area (Å²) >= 11 is 1.49. The Morgan fingerprint density at radius 2 is 2.05 bits per heavy atom. The fourth-order valence-electron chi connectivity index (χ4n) is 1.57. The lowest BCUT2D eigenvalue weighted by Crippen LogP contribution is -2.19. The third kappa shape index (κ3) is 3.42. The molecule has 2 rings (SSSR count). The van der Waals surface area contributed by atoms with E-state index in [-0.39, 0.29) is 4.90 Å². The van der Waals surface area contributed by atoms with Crippen LogP contribution in [0.3, 0.4) is 0 Å². The number of rotatable bonds is 4. The number of nitrogens with one attached hydrogen (secondary N) is 1. The number of hydrogen-bond acceptors (Lipinski definition) is 4. The van der Waals surface area contributed by atoms with E-state index >= 15 is 0 Å². The molecule has 19 heavy (non-hydrogen) atoms. The van der Waals surface area contributed by atoms with Crippen molar-refractivity contribution >= 4 is 27.6 Å². The first-order chi connectivity index (χ1) is 8.99. The lowest BCUT2D eigenvalue weighted by molar-refractivity contribution is 0.584. The molecule has 0 spiro atoms. The second-order valence-corrected chi connectivity index (χ2v) is 6.75. The Balaban J connectivity index is 2.21. The van der Waals surface area contributed by atoms with Crippen LogP contribution in [0.1, 0.15) is 16.0 Å². The number of hydrogen-bond donors (Lipinski definition) is 1. The average molecular weight is 294 g/mol. The van der Waals surface area contributed by atoms with E-state index in [1.165, 1.54) is 17.6 Å². The van der Waals surface area contributed by atoms with Gasteiger partial charge in [0, 0.05) is 4.88 Å². The van der Waals surface area contributed by atoms with Gasteiger partial charge in [0.2, 0.25) is 0 Å². The maximum atomic E-state index is 12.1. The molecular formula is C13H14N2O2S2. The molecule has 4 nitrogen and oxygen atoms in total. The van der Waals surface area contributed by atoms with Crippen LogP contribution in [0, 0.1) is 13.8 Å². The fourth-order valence-corrected chi connectivity index (χ4v) is 3.28. The van der Waals surface area contributed by atoms with Crippen molar-refractivity contribution in [2.45, 2.75) is 18.7 Å². The second kappa shape index (κ2) is 5.54. The van der Waals surface area contributed by atoms with Gasteiger partial charge < -0.3 is 0 Å². The molecule has 0 bridgehead atoms. The molecule has 0 fully saturated rings. The first-order valence-electron chi connectivity index (χ1n) is 5.65. The van der Waals surface area contributed by atoms with Gasteiger partial charge >= 0.3 is 0 Å². The van der Waals surface area contributed by atoms with Crippen molar-refractivity contribution < 1.29 is 8.42 Å². The fraction of sp³-hybridized carbons (Fsp3) is 0.154. The summed E-state index contributed by atoms with van der Waals surface area (Å²) in [5.74, 6) is 0. The first-order valence-corrected chi connectivity index (χ1v) is 8.01. The van der Waals surface area contributed by atoms with Crippen LogP contribution in [-0.2, 0) is 10.0 Å². The summed E-state index contributed by atoms with van der Waals surface area (Å²) in [5, 5.41) is 5.68. The van der Waals surface area contributed by atoms with E-state index in [0.29, 0.717) is 5.56 Å². The molecule has 0 saturated heterocycles. The summed E-state index contributed by atoms with van der Waals surface area (Å²) in [5.41, 5.74) is 1.60. The van der Waals surface area contributed by atoms with Crippen LogP contribution in [0.15, 0.2) is 45.7 Å². The Bertz CT molecular complexity index is 689. The highest BCUT2D eigenvalue weighted by atomic mass is 32.2. The lowest BCUT2D eigenvalue weighted by Gasteiger charge is -2.07. The Hall–Kier alpha value is -1.66. The molecular weight excluding hydrogens is 280 g/mol. The van der Waals surface area contributed by atoms with Gasteiger partial charge in [0.05, 0.1) is 11.1 Å². The summed E-state index contributed by atoms with van der Waals surface area (Å²) in [7, 11) is -3.61. The molecule has 0 unspecified atom stereocenters. The van der Waals surface area contributed by atoms with Gasteiger partial charge in [-0.15, -0.1) is 11.3 Å². The van der Waals surface area contributed by atoms with E-state index in [4.69, 9.17) is 0 Å². The third-order valence-corrected chi connectivity index (χ3v) is 4.71. The monoisotopic (exact) mass is 294 g/mol. The molecule has 2 aromatic rings. The van der Waals surface area contributed by atoms with Gasteiger partial charge in [0.1, 0.15) is 0 Å². The van der Waals surface area contributed by atoms with Gasteiger partial charge in [0.25, 0.3) is 10.0 Å². The van der Waals surface area contributed by atoms with Crippen molar-refractivity contribution in [2.75, 3.05) is 0 Å². The molecule has 0 aliphatic rings. The first kappa shape index (κ1) is 13.8. The van der Waals surface area contributed by atoms with Crippen LogP contribution in [0.5, 0.6) is 0 Å². The maximum absolute atomic E-state index is 12.1. The van der Waals surface area contributed by atoms with Crippen LogP contribution >= 0.6 is 11.3 Å².